The van der Waals surface area contributed by atoms with Gasteiger partial charge >= 0.3 is 0 Å². The molecular weight excluding hydrogens is 218 g/mol. The molecule has 1 aliphatic rings. The van der Waals surface area contributed by atoms with Gasteiger partial charge in [0.2, 0.25) is 5.91 Å². The second-order valence-corrected chi connectivity index (χ2v) is 4.33. The molecule has 1 fully saturated rings. The number of aromatic nitrogens is 1. The van der Waals surface area contributed by atoms with Crippen molar-refractivity contribution in [2.75, 3.05) is 0 Å². The lowest BCUT2D eigenvalue weighted by molar-refractivity contribution is -0.121. The number of rotatable bonds is 5. The molecule has 1 heterocycles. The lowest BCUT2D eigenvalue weighted by atomic mass is 10.2. The van der Waals surface area contributed by atoms with Gasteiger partial charge < -0.3 is 15.6 Å². The minimum atomic E-state index is -0.103. The molecule has 1 aromatic rings. The number of amides is 1. The van der Waals surface area contributed by atoms with Crippen molar-refractivity contribution in [3.05, 3.63) is 34.2 Å². The number of hydrogen-bond donors (Lipinski definition) is 2. The number of nitrogens with zero attached hydrogens (tertiary/aromatic N) is 1. The van der Waals surface area contributed by atoms with E-state index in [0.29, 0.717) is 24.6 Å². The maximum atomic E-state index is 11.8. The Hall–Kier alpha value is -1.62. The first-order valence-corrected chi connectivity index (χ1v) is 5.88. The second kappa shape index (κ2) is 5.14. The Bertz CT molecular complexity index is 463. The molecule has 0 spiro atoms. The molecule has 0 atom stereocenters. The summed E-state index contributed by atoms with van der Waals surface area (Å²) in [6.45, 7) is 0.638. The molecule has 1 saturated carbocycles. The minimum absolute atomic E-state index is 0.0116. The summed E-state index contributed by atoms with van der Waals surface area (Å²) in [6.07, 6.45) is 4.18. The Kier molecular flexibility index (Phi) is 3.58. The van der Waals surface area contributed by atoms with E-state index in [9.17, 15) is 9.59 Å². The summed E-state index contributed by atoms with van der Waals surface area (Å²) in [4.78, 5) is 23.3. The molecule has 3 N–H and O–H groups in total. The van der Waals surface area contributed by atoms with Gasteiger partial charge in [-0.15, -0.1) is 0 Å². The SMILES string of the molecule is NCc1cccn(CCC(=O)NC2CC2)c1=O. The third-order valence-electron chi connectivity index (χ3n) is 2.84. The average Bonchev–Trinajstić information content (AvgIpc) is 3.11. The van der Waals surface area contributed by atoms with E-state index in [-0.39, 0.29) is 18.0 Å². The first-order valence-electron chi connectivity index (χ1n) is 5.88. The van der Waals surface area contributed by atoms with Crippen molar-refractivity contribution in [2.45, 2.75) is 38.4 Å². The molecular formula is C12H17N3O2. The summed E-state index contributed by atoms with van der Waals surface area (Å²) in [5, 5.41) is 2.89. The van der Waals surface area contributed by atoms with Crippen molar-refractivity contribution >= 4 is 5.91 Å². The number of nitrogens with two attached hydrogens (primary N) is 1. The van der Waals surface area contributed by atoms with Gasteiger partial charge in [0.15, 0.2) is 0 Å². The molecule has 0 saturated heterocycles. The Balaban J connectivity index is 1.93. The largest absolute Gasteiger partial charge is 0.353 e. The van der Waals surface area contributed by atoms with Crippen LogP contribution in [0.2, 0.25) is 0 Å². The van der Waals surface area contributed by atoms with Crippen LogP contribution in [0, 0.1) is 0 Å². The monoisotopic (exact) mass is 235 g/mol. The van der Waals surface area contributed by atoms with E-state index >= 15 is 0 Å². The van der Waals surface area contributed by atoms with Crippen LogP contribution >= 0.6 is 0 Å². The standard InChI is InChI=1S/C12H17N3O2/c13-8-9-2-1-6-15(12(9)17)7-5-11(16)14-10-3-4-10/h1-2,6,10H,3-5,7-8,13H2,(H,14,16). The van der Waals surface area contributed by atoms with Gasteiger partial charge in [-0.1, -0.05) is 6.07 Å². The summed E-state index contributed by atoms with van der Waals surface area (Å²) in [5.74, 6) is 0.0116. The fraction of sp³-hybridized carbons (Fsp3) is 0.500. The van der Waals surface area contributed by atoms with Crippen molar-refractivity contribution in [1.29, 1.82) is 0 Å². The third kappa shape index (κ3) is 3.17. The molecule has 5 nitrogen and oxygen atoms in total. The molecule has 1 aliphatic carbocycles. The van der Waals surface area contributed by atoms with Crippen LogP contribution in [0.4, 0.5) is 0 Å². The molecule has 5 heteroatoms. The van der Waals surface area contributed by atoms with E-state index in [1.165, 1.54) is 4.57 Å². The fourth-order valence-corrected chi connectivity index (χ4v) is 1.67. The smallest absolute Gasteiger partial charge is 0.255 e. The van der Waals surface area contributed by atoms with Crippen molar-refractivity contribution in [3.63, 3.8) is 0 Å². The van der Waals surface area contributed by atoms with Gasteiger partial charge in [-0.25, -0.2) is 0 Å². The lowest BCUT2D eigenvalue weighted by Gasteiger charge is -2.07. The maximum Gasteiger partial charge on any atom is 0.255 e. The van der Waals surface area contributed by atoms with Crippen molar-refractivity contribution < 1.29 is 4.79 Å². The zero-order chi connectivity index (χ0) is 12.3. The van der Waals surface area contributed by atoms with Crippen LogP contribution in [0.3, 0.4) is 0 Å². The number of nitrogens with one attached hydrogen (secondary N) is 1. The average molecular weight is 235 g/mol. The molecule has 1 amide bonds. The highest BCUT2D eigenvalue weighted by Gasteiger charge is 2.22. The number of aryl methyl sites for hydroxylation is 1. The Morgan fingerprint density at radius 1 is 1.53 bits per heavy atom. The van der Waals surface area contributed by atoms with Gasteiger partial charge in [-0.05, 0) is 18.9 Å². The predicted octanol–water partition coefficient (Wildman–Crippen LogP) is -0.0243. The highest BCUT2D eigenvalue weighted by molar-refractivity contribution is 5.76. The van der Waals surface area contributed by atoms with E-state index in [0.717, 1.165) is 12.8 Å². The molecule has 17 heavy (non-hydrogen) atoms. The molecule has 0 radical (unpaired) electrons. The highest BCUT2D eigenvalue weighted by atomic mass is 16.2. The molecule has 0 unspecified atom stereocenters. The van der Waals surface area contributed by atoms with E-state index in [1.807, 2.05) is 0 Å². The number of pyridine rings is 1. The molecule has 0 bridgehead atoms. The van der Waals surface area contributed by atoms with Crippen LogP contribution in [0.5, 0.6) is 0 Å². The summed E-state index contributed by atoms with van der Waals surface area (Å²) in [7, 11) is 0. The van der Waals surface area contributed by atoms with Crippen LogP contribution < -0.4 is 16.6 Å². The lowest BCUT2D eigenvalue weighted by Crippen LogP contribution is -2.29. The van der Waals surface area contributed by atoms with Gasteiger partial charge in [-0.3, -0.25) is 9.59 Å². The van der Waals surface area contributed by atoms with E-state index < -0.39 is 0 Å². The van der Waals surface area contributed by atoms with E-state index in [1.54, 1.807) is 18.3 Å². The van der Waals surface area contributed by atoms with E-state index in [2.05, 4.69) is 5.32 Å². The number of carbonyl (C=O) groups is 1. The predicted molar refractivity (Wildman–Crippen MR) is 64.4 cm³/mol. The quantitative estimate of drug-likeness (QED) is 0.752. The van der Waals surface area contributed by atoms with Crippen LogP contribution in [-0.2, 0) is 17.9 Å². The maximum absolute atomic E-state index is 11.8. The zero-order valence-corrected chi connectivity index (χ0v) is 9.69. The number of carbonyl (C=O) groups excluding carboxylic acids is 1. The molecule has 2 rings (SSSR count). The molecule has 0 aromatic carbocycles. The van der Waals surface area contributed by atoms with E-state index in [4.69, 9.17) is 5.73 Å². The zero-order valence-electron chi connectivity index (χ0n) is 9.69. The van der Waals surface area contributed by atoms with Crippen molar-refractivity contribution in [2.24, 2.45) is 5.73 Å². The first-order chi connectivity index (χ1) is 8.20. The second-order valence-electron chi connectivity index (χ2n) is 4.33. The Morgan fingerprint density at radius 2 is 2.29 bits per heavy atom. The molecule has 1 aromatic heterocycles. The van der Waals surface area contributed by atoms with Gasteiger partial charge in [-0.2, -0.15) is 0 Å². The van der Waals surface area contributed by atoms with Crippen molar-refractivity contribution in [1.82, 2.24) is 9.88 Å². The highest BCUT2D eigenvalue weighted by Crippen LogP contribution is 2.18. The Morgan fingerprint density at radius 3 is 2.94 bits per heavy atom. The number of hydrogen-bond acceptors (Lipinski definition) is 3. The van der Waals surface area contributed by atoms with Crippen LogP contribution in [-0.4, -0.2) is 16.5 Å². The van der Waals surface area contributed by atoms with Crippen molar-refractivity contribution in [3.8, 4) is 0 Å². The fourth-order valence-electron chi connectivity index (χ4n) is 1.67. The van der Waals surface area contributed by atoms with Gasteiger partial charge in [0.1, 0.15) is 0 Å². The van der Waals surface area contributed by atoms with Gasteiger partial charge in [0, 0.05) is 37.3 Å². The first kappa shape index (κ1) is 11.9. The van der Waals surface area contributed by atoms with Gasteiger partial charge in [0.25, 0.3) is 5.56 Å². The Labute approximate surface area is 99.6 Å². The minimum Gasteiger partial charge on any atom is -0.353 e. The van der Waals surface area contributed by atoms with Crippen LogP contribution in [0.1, 0.15) is 24.8 Å². The topological polar surface area (TPSA) is 77.1 Å². The summed E-state index contributed by atoms with van der Waals surface area (Å²) in [5.41, 5.74) is 5.93. The molecule has 92 valence electrons. The summed E-state index contributed by atoms with van der Waals surface area (Å²) >= 11 is 0. The summed E-state index contributed by atoms with van der Waals surface area (Å²) in [6, 6.07) is 3.86. The van der Waals surface area contributed by atoms with Crippen LogP contribution in [0.15, 0.2) is 23.1 Å². The summed E-state index contributed by atoms with van der Waals surface area (Å²) < 4.78 is 1.54. The molecule has 0 aliphatic heterocycles. The third-order valence-corrected chi connectivity index (χ3v) is 2.84. The normalized spacial score (nSPS) is 14.6. The van der Waals surface area contributed by atoms with Gasteiger partial charge in [0.05, 0.1) is 0 Å². The van der Waals surface area contributed by atoms with Crippen LogP contribution in [0.25, 0.3) is 0 Å².